The number of imidazole rings is 4. The first-order valence-electron chi connectivity index (χ1n) is 10.7. The molecule has 10 nitrogen and oxygen atoms in total. The Hall–Kier alpha value is -4.86. The van der Waals surface area contributed by atoms with Gasteiger partial charge in [-0.3, -0.25) is 18.4 Å². The standard InChI is InChI=1S/C24H16N8O2/c33-23-21-27-17-3-1-16(12-30-8-6-26-14-30)10-20(17)32(21)24(34)22-28-18-9-15(2-4-19(18)31(22)23)11-29-7-5-25-13-29/h1-10,13-14H,11-12H2. The molecule has 0 fully saturated rings. The van der Waals surface area contributed by atoms with Crippen LogP contribution in [0.4, 0.5) is 0 Å². The van der Waals surface area contributed by atoms with E-state index in [1.165, 1.54) is 8.80 Å². The van der Waals surface area contributed by atoms with Crippen LogP contribution in [0.2, 0.25) is 0 Å². The molecule has 10 heteroatoms. The third-order valence-corrected chi connectivity index (χ3v) is 6.08. The highest BCUT2D eigenvalue weighted by Crippen LogP contribution is 2.20. The summed E-state index contributed by atoms with van der Waals surface area (Å²) in [4.78, 5) is 44.1. The highest BCUT2D eigenvalue weighted by molar-refractivity contribution is 5.85. The van der Waals surface area contributed by atoms with Crippen LogP contribution >= 0.6 is 0 Å². The van der Waals surface area contributed by atoms with Crippen molar-refractivity contribution in [3.63, 3.8) is 0 Å². The van der Waals surface area contributed by atoms with Crippen molar-refractivity contribution in [1.29, 1.82) is 0 Å². The Morgan fingerprint density at radius 2 is 1.24 bits per heavy atom. The second-order valence-corrected chi connectivity index (χ2v) is 8.27. The molecule has 0 radical (unpaired) electrons. The lowest BCUT2D eigenvalue weighted by Crippen LogP contribution is -2.26. The van der Waals surface area contributed by atoms with Crippen molar-refractivity contribution in [2.75, 3.05) is 0 Å². The summed E-state index contributed by atoms with van der Waals surface area (Å²) in [7, 11) is 0. The van der Waals surface area contributed by atoms with Crippen molar-refractivity contribution in [1.82, 2.24) is 37.9 Å². The predicted molar refractivity (Wildman–Crippen MR) is 125 cm³/mol. The summed E-state index contributed by atoms with van der Waals surface area (Å²) in [5.41, 5.74) is 3.75. The van der Waals surface area contributed by atoms with E-state index in [1.54, 1.807) is 25.0 Å². The van der Waals surface area contributed by atoms with E-state index in [9.17, 15) is 9.59 Å². The van der Waals surface area contributed by atoms with Gasteiger partial charge in [-0.25, -0.2) is 19.9 Å². The summed E-state index contributed by atoms with van der Waals surface area (Å²) in [5.74, 6) is 0. The quantitative estimate of drug-likeness (QED) is 0.408. The molecule has 34 heavy (non-hydrogen) atoms. The van der Waals surface area contributed by atoms with Crippen molar-refractivity contribution >= 4 is 33.4 Å². The molecule has 7 rings (SSSR count). The van der Waals surface area contributed by atoms with E-state index in [0.717, 1.165) is 11.1 Å². The Morgan fingerprint density at radius 3 is 1.88 bits per heavy atom. The number of fused-ring (bicyclic) bond motifs is 6. The normalized spacial score (nSPS) is 12.0. The molecule has 0 atom stereocenters. The van der Waals surface area contributed by atoms with E-state index in [4.69, 9.17) is 0 Å². The third kappa shape index (κ3) is 2.68. The van der Waals surface area contributed by atoms with E-state index in [2.05, 4.69) is 19.9 Å². The molecule has 0 spiro atoms. The van der Waals surface area contributed by atoms with Crippen LogP contribution in [0.25, 0.3) is 33.4 Å². The van der Waals surface area contributed by atoms with Crippen molar-refractivity contribution in [3.8, 4) is 0 Å². The van der Waals surface area contributed by atoms with Gasteiger partial charge in [0.15, 0.2) is 0 Å². The molecule has 0 aliphatic heterocycles. The van der Waals surface area contributed by atoms with Crippen LogP contribution in [0.3, 0.4) is 0 Å². The lowest BCUT2D eigenvalue weighted by molar-refractivity contribution is 0.798. The Kier molecular flexibility index (Phi) is 3.75. The van der Waals surface area contributed by atoms with Crippen molar-refractivity contribution in [2.24, 2.45) is 0 Å². The average molecular weight is 448 g/mol. The van der Waals surface area contributed by atoms with Gasteiger partial charge in [0.2, 0.25) is 11.3 Å². The zero-order chi connectivity index (χ0) is 22.8. The first-order chi connectivity index (χ1) is 16.7. The molecule has 0 aliphatic carbocycles. The monoisotopic (exact) mass is 448 g/mol. The zero-order valence-corrected chi connectivity index (χ0v) is 17.7. The summed E-state index contributed by atoms with van der Waals surface area (Å²) < 4.78 is 6.62. The minimum atomic E-state index is -0.371. The molecule has 0 saturated heterocycles. The van der Waals surface area contributed by atoms with Crippen molar-refractivity contribution in [3.05, 3.63) is 106 Å². The first-order valence-corrected chi connectivity index (χ1v) is 10.7. The van der Waals surface area contributed by atoms with Gasteiger partial charge in [-0.2, -0.15) is 0 Å². The summed E-state index contributed by atoms with van der Waals surface area (Å²) >= 11 is 0. The van der Waals surface area contributed by atoms with Crippen LogP contribution < -0.4 is 11.1 Å². The predicted octanol–water partition coefficient (Wildman–Crippen LogP) is 1.94. The topological polar surface area (TPSA) is 104 Å². The highest BCUT2D eigenvalue weighted by Gasteiger charge is 2.19. The van der Waals surface area contributed by atoms with E-state index < -0.39 is 0 Å². The maximum absolute atomic E-state index is 13.5. The van der Waals surface area contributed by atoms with Crippen LogP contribution in [0.5, 0.6) is 0 Å². The van der Waals surface area contributed by atoms with Gasteiger partial charge in [0.1, 0.15) is 0 Å². The molecule has 0 saturated carbocycles. The second-order valence-electron chi connectivity index (χ2n) is 8.27. The number of hydrogen-bond donors (Lipinski definition) is 0. The third-order valence-electron chi connectivity index (χ3n) is 6.08. The maximum atomic E-state index is 13.5. The molecule has 0 amide bonds. The highest BCUT2D eigenvalue weighted by atomic mass is 16.1. The number of aromatic nitrogens is 8. The fraction of sp³-hybridized carbons (Fsp3) is 0.0833. The SMILES string of the molecule is O=c1c2nc3ccc(Cn4ccnc4)cc3n2c(=O)c2nc3cc(Cn4ccnc4)ccc3n12. The molecule has 0 unspecified atom stereocenters. The second kappa shape index (κ2) is 6.82. The number of hydrogen-bond acceptors (Lipinski definition) is 6. The minimum Gasteiger partial charge on any atom is -0.333 e. The summed E-state index contributed by atoms with van der Waals surface area (Å²) in [6, 6.07) is 11.3. The minimum absolute atomic E-state index is 0.0894. The van der Waals surface area contributed by atoms with Gasteiger partial charge in [-0.05, 0) is 35.4 Å². The number of rotatable bonds is 4. The molecule has 7 aromatic rings. The molecule has 0 N–H and O–H groups in total. The molecule has 0 aliphatic rings. The largest absolute Gasteiger partial charge is 0.333 e. The van der Waals surface area contributed by atoms with Crippen LogP contribution in [-0.4, -0.2) is 37.9 Å². The number of benzene rings is 2. The van der Waals surface area contributed by atoms with Crippen LogP contribution in [-0.2, 0) is 13.1 Å². The summed E-state index contributed by atoms with van der Waals surface area (Å²) in [6.45, 7) is 1.21. The lowest BCUT2D eigenvalue weighted by atomic mass is 10.2. The van der Waals surface area contributed by atoms with E-state index in [0.29, 0.717) is 35.2 Å². The zero-order valence-electron chi connectivity index (χ0n) is 17.7. The van der Waals surface area contributed by atoms with Gasteiger partial charge in [-0.1, -0.05) is 12.1 Å². The van der Waals surface area contributed by atoms with Gasteiger partial charge in [0, 0.05) is 37.9 Å². The van der Waals surface area contributed by atoms with Crippen LogP contribution in [0, 0.1) is 0 Å². The molecule has 164 valence electrons. The Bertz CT molecular complexity index is 1950. The van der Waals surface area contributed by atoms with E-state index in [-0.39, 0.29) is 22.4 Å². The first kappa shape index (κ1) is 18.7. The fourth-order valence-corrected chi connectivity index (χ4v) is 4.52. The van der Waals surface area contributed by atoms with Crippen molar-refractivity contribution in [2.45, 2.75) is 13.1 Å². The maximum Gasteiger partial charge on any atom is 0.300 e. The van der Waals surface area contributed by atoms with Gasteiger partial charge >= 0.3 is 11.1 Å². The Morgan fingerprint density at radius 1 is 0.647 bits per heavy atom. The van der Waals surface area contributed by atoms with Gasteiger partial charge in [0.25, 0.3) is 0 Å². The van der Waals surface area contributed by atoms with Crippen molar-refractivity contribution < 1.29 is 0 Å². The average Bonchev–Trinajstić information content (AvgIpc) is 3.63. The fourth-order valence-electron chi connectivity index (χ4n) is 4.52. The smallest absolute Gasteiger partial charge is 0.300 e. The summed E-state index contributed by atoms with van der Waals surface area (Å²) in [5, 5.41) is 0. The molecule has 2 aromatic carbocycles. The van der Waals surface area contributed by atoms with Gasteiger partial charge in [0.05, 0.1) is 34.7 Å². The van der Waals surface area contributed by atoms with Gasteiger partial charge < -0.3 is 9.13 Å². The molecular formula is C24H16N8O2. The van der Waals surface area contributed by atoms with Gasteiger partial charge in [-0.15, -0.1) is 0 Å². The number of nitrogens with zero attached hydrogens (tertiary/aromatic N) is 8. The molecule has 5 heterocycles. The van der Waals surface area contributed by atoms with E-state index in [1.807, 2.05) is 57.9 Å². The summed E-state index contributed by atoms with van der Waals surface area (Å²) in [6.07, 6.45) is 10.6. The Labute approximate surface area is 190 Å². The molecule has 0 bridgehead atoms. The lowest BCUT2D eigenvalue weighted by Gasteiger charge is -2.03. The van der Waals surface area contributed by atoms with Crippen LogP contribution in [0.1, 0.15) is 11.1 Å². The molecular weight excluding hydrogens is 432 g/mol. The Balaban J connectivity index is 1.45. The molecule has 5 aromatic heterocycles. The van der Waals surface area contributed by atoms with E-state index >= 15 is 0 Å². The van der Waals surface area contributed by atoms with Crippen LogP contribution in [0.15, 0.2) is 83.4 Å².